The fourth-order valence-electron chi connectivity index (χ4n) is 2.20. The zero-order valence-electron chi connectivity index (χ0n) is 9.51. The summed E-state index contributed by atoms with van der Waals surface area (Å²) < 4.78 is 7.22. The summed E-state index contributed by atoms with van der Waals surface area (Å²) in [7, 11) is 0. The van der Waals surface area contributed by atoms with Gasteiger partial charge >= 0.3 is 5.97 Å². The summed E-state index contributed by atoms with van der Waals surface area (Å²) in [5.41, 5.74) is 0.961. The van der Waals surface area contributed by atoms with Gasteiger partial charge in [0.25, 0.3) is 0 Å². The lowest BCUT2D eigenvalue weighted by atomic mass is 10.0. The van der Waals surface area contributed by atoms with Crippen molar-refractivity contribution in [2.45, 2.75) is 32.9 Å². The van der Waals surface area contributed by atoms with Gasteiger partial charge in [-0.3, -0.25) is 0 Å². The van der Waals surface area contributed by atoms with Crippen LogP contribution < -0.4 is 0 Å². The van der Waals surface area contributed by atoms with Gasteiger partial charge in [0.1, 0.15) is 5.82 Å². The van der Waals surface area contributed by atoms with Crippen LogP contribution in [0.3, 0.4) is 0 Å². The van der Waals surface area contributed by atoms with Gasteiger partial charge < -0.3 is 14.4 Å². The number of ether oxygens (including phenoxy) is 1. The maximum absolute atomic E-state index is 10.9. The number of imidazole rings is 1. The van der Waals surface area contributed by atoms with Crippen LogP contribution in [0.2, 0.25) is 0 Å². The van der Waals surface area contributed by atoms with Crippen molar-refractivity contribution >= 4 is 5.97 Å². The predicted octanol–water partition coefficient (Wildman–Crippen LogP) is 0.990. The quantitative estimate of drug-likeness (QED) is 0.831. The minimum atomic E-state index is -0.864. The molecule has 0 saturated carbocycles. The van der Waals surface area contributed by atoms with Gasteiger partial charge in [0.15, 0.2) is 6.10 Å². The Morgan fingerprint density at radius 2 is 2.44 bits per heavy atom. The maximum atomic E-state index is 10.9. The number of carbonyl (C=O) groups is 1. The molecule has 2 heterocycles. The van der Waals surface area contributed by atoms with E-state index in [-0.39, 0.29) is 5.92 Å². The first kappa shape index (κ1) is 11.1. The Morgan fingerprint density at radius 3 is 3.00 bits per heavy atom. The molecule has 0 aromatic carbocycles. The van der Waals surface area contributed by atoms with E-state index >= 15 is 0 Å². The van der Waals surface area contributed by atoms with Crippen LogP contribution in [0, 0.1) is 19.8 Å². The van der Waals surface area contributed by atoms with E-state index in [1.165, 1.54) is 0 Å². The number of carboxylic acids is 1. The smallest absolute Gasteiger partial charge is 0.333 e. The number of aryl methyl sites for hydroxylation is 2. The second-order valence-corrected chi connectivity index (χ2v) is 4.26. The standard InChI is InChI=1S/C11H16N2O3/c1-7-5-13(8(2)12-7)6-9-3-4-16-10(9)11(14)15/h5,9-10H,3-4,6H2,1-2H3,(H,14,15)/t9-,10+/m0/s1. The number of hydrogen-bond acceptors (Lipinski definition) is 3. The molecule has 1 aliphatic heterocycles. The monoisotopic (exact) mass is 224 g/mol. The van der Waals surface area contributed by atoms with Crippen LogP contribution in [0.4, 0.5) is 0 Å². The second kappa shape index (κ2) is 4.25. The fraction of sp³-hybridized carbons (Fsp3) is 0.636. The van der Waals surface area contributed by atoms with Crippen LogP contribution >= 0.6 is 0 Å². The molecule has 1 saturated heterocycles. The molecular formula is C11H16N2O3. The zero-order valence-corrected chi connectivity index (χ0v) is 9.51. The molecule has 0 unspecified atom stereocenters. The highest BCUT2D eigenvalue weighted by molar-refractivity contribution is 5.73. The lowest BCUT2D eigenvalue weighted by Crippen LogP contribution is -2.29. The Hall–Kier alpha value is -1.36. The van der Waals surface area contributed by atoms with Crippen molar-refractivity contribution < 1.29 is 14.6 Å². The van der Waals surface area contributed by atoms with Crippen molar-refractivity contribution in [1.29, 1.82) is 0 Å². The molecule has 1 aliphatic rings. The molecule has 2 atom stereocenters. The van der Waals surface area contributed by atoms with Crippen molar-refractivity contribution in [3.05, 3.63) is 17.7 Å². The van der Waals surface area contributed by atoms with Gasteiger partial charge in [-0.15, -0.1) is 0 Å². The molecule has 0 spiro atoms. The molecule has 88 valence electrons. The molecule has 1 aromatic rings. The van der Waals surface area contributed by atoms with Gasteiger partial charge in [-0.05, 0) is 20.3 Å². The molecule has 2 rings (SSSR count). The summed E-state index contributed by atoms with van der Waals surface area (Å²) in [6, 6.07) is 0. The summed E-state index contributed by atoms with van der Waals surface area (Å²) in [4.78, 5) is 15.2. The third kappa shape index (κ3) is 2.09. The van der Waals surface area contributed by atoms with E-state index in [0.29, 0.717) is 13.2 Å². The first-order chi connectivity index (χ1) is 7.58. The Morgan fingerprint density at radius 1 is 1.69 bits per heavy atom. The van der Waals surface area contributed by atoms with Gasteiger partial charge in [0, 0.05) is 25.3 Å². The molecule has 1 aromatic heterocycles. The lowest BCUT2D eigenvalue weighted by molar-refractivity contribution is -0.149. The number of hydrogen-bond donors (Lipinski definition) is 1. The molecule has 5 heteroatoms. The molecule has 0 amide bonds. The van der Waals surface area contributed by atoms with Gasteiger partial charge in [-0.1, -0.05) is 0 Å². The van der Waals surface area contributed by atoms with Gasteiger partial charge in [0.05, 0.1) is 5.69 Å². The number of carboxylic acid groups (broad SMARTS) is 1. The van der Waals surface area contributed by atoms with Crippen molar-refractivity contribution in [3.63, 3.8) is 0 Å². The summed E-state index contributed by atoms with van der Waals surface area (Å²) in [5.74, 6) is 0.107. The van der Waals surface area contributed by atoms with Gasteiger partial charge in [-0.2, -0.15) is 0 Å². The first-order valence-electron chi connectivity index (χ1n) is 5.42. The molecule has 0 bridgehead atoms. The van der Waals surface area contributed by atoms with Crippen molar-refractivity contribution in [2.24, 2.45) is 5.92 Å². The summed E-state index contributed by atoms with van der Waals surface area (Å²) in [6.45, 7) is 5.07. The van der Waals surface area contributed by atoms with Crippen LogP contribution in [-0.2, 0) is 16.1 Å². The van der Waals surface area contributed by atoms with E-state index in [1.54, 1.807) is 0 Å². The van der Waals surface area contributed by atoms with E-state index in [9.17, 15) is 4.79 Å². The van der Waals surface area contributed by atoms with E-state index in [0.717, 1.165) is 17.9 Å². The van der Waals surface area contributed by atoms with Crippen LogP contribution in [-0.4, -0.2) is 33.3 Å². The lowest BCUT2D eigenvalue weighted by Gasteiger charge is -2.15. The average molecular weight is 224 g/mol. The Labute approximate surface area is 94.1 Å². The summed E-state index contributed by atoms with van der Waals surface area (Å²) in [5, 5.41) is 8.99. The molecule has 5 nitrogen and oxygen atoms in total. The van der Waals surface area contributed by atoms with Crippen LogP contribution in [0.25, 0.3) is 0 Å². The Bertz CT molecular complexity index is 400. The highest BCUT2D eigenvalue weighted by Gasteiger charge is 2.34. The topological polar surface area (TPSA) is 64.3 Å². The molecule has 1 N–H and O–H groups in total. The normalized spacial score (nSPS) is 24.9. The number of nitrogens with zero attached hydrogens (tertiary/aromatic N) is 2. The van der Waals surface area contributed by atoms with Gasteiger partial charge in [0.2, 0.25) is 0 Å². The molecule has 0 radical (unpaired) electrons. The number of rotatable bonds is 3. The van der Waals surface area contributed by atoms with E-state index in [2.05, 4.69) is 4.98 Å². The summed E-state index contributed by atoms with van der Waals surface area (Å²) in [6.07, 6.45) is 2.09. The van der Waals surface area contributed by atoms with Gasteiger partial charge in [-0.25, -0.2) is 9.78 Å². The molecular weight excluding hydrogens is 208 g/mol. The van der Waals surface area contributed by atoms with E-state index in [1.807, 2.05) is 24.6 Å². The zero-order chi connectivity index (χ0) is 11.7. The Balaban J connectivity index is 2.09. The van der Waals surface area contributed by atoms with Crippen LogP contribution in [0.5, 0.6) is 0 Å². The molecule has 0 aliphatic carbocycles. The largest absolute Gasteiger partial charge is 0.479 e. The SMILES string of the molecule is Cc1cn(C[C@@H]2CCO[C@H]2C(=O)O)c(C)n1. The number of aromatic nitrogens is 2. The fourth-order valence-corrected chi connectivity index (χ4v) is 2.20. The van der Waals surface area contributed by atoms with Crippen molar-refractivity contribution in [3.8, 4) is 0 Å². The maximum Gasteiger partial charge on any atom is 0.333 e. The van der Waals surface area contributed by atoms with Crippen LogP contribution in [0.1, 0.15) is 17.9 Å². The first-order valence-corrected chi connectivity index (χ1v) is 5.42. The highest BCUT2D eigenvalue weighted by Crippen LogP contribution is 2.23. The van der Waals surface area contributed by atoms with Crippen LogP contribution in [0.15, 0.2) is 6.20 Å². The third-order valence-corrected chi connectivity index (χ3v) is 2.99. The second-order valence-electron chi connectivity index (χ2n) is 4.26. The van der Waals surface area contributed by atoms with Crippen molar-refractivity contribution in [1.82, 2.24) is 9.55 Å². The van der Waals surface area contributed by atoms with E-state index < -0.39 is 12.1 Å². The van der Waals surface area contributed by atoms with Crippen molar-refractivity contribution in [2.75, 3.05) is 6.61 Å². The Kier molecular flexibility index (Phi) is 2.96. The average Bonchev–Trinajstić information content (AvgIpc) is 2.75. The molecule has 1 fully saturated rings. The minimum absolute atomic E-state index is 0.0461. The highest BCUT2D eigenvalue weighted by atomic mass is 16.5. The number of aliphatic carboxylic acids is 1. The summed E-state index contributed by atoms with van der Waals surface area (Å²) >= 11 is 0. The minimum Gasteiger partial charge on any atom is -0.479 e. The molecule has 16 heavy (non-hydrogen) atoms. The third-order valence-electron chi connectivity index (χ3n) is 2.99. The van der Waals surface area contributed by atoms with E-state index in [4.69, 9.17) is 9.84 Å². The predicted molar refractivity (Wildman–Crippen MR) is 57.2 cm³/mol.